The molecule has 1 atom stereocenters. The average molecular weight is 331 g/mol. The van der Waals surface area contributed by atoms with Gasteiger partial charge >= 0.3 is 0 Å². The molecular formula is C16H17N3O3S. The number of thiazole rings is 1. The minimum atomic E-state index is -0.761. The number of fused-ring (bicyclic) bond motifs is 1. The van der Waals surface area contributed by atoms with Crippen molar-refractivity contribution in [2.24, 2.45) is 0 Å². The highest BCUT2D eigenvalue weighted by Crippen LogP contribution is 2.29. The van der Waals surface area contributed by atoms with Gasteiger partial charge in [-0.25, -0.2) is 4.98 Å². The van der Waals surface area contributed by atoms with E-state index < -0.39 is 6.10 Å². The summed E-state index contributed by atoms with van der Waals surface area (Å²) in [5, 5.41) is 18.7. The molecule has 3 rings (SSSR count). The average Bonchev–Trinajstić information content (AvgIpc) is 3.13. The van der Waals surface area contributed by atoms with Crippen LogP contribution < -0.4 is 4.90 Å². The van der Waals surface area contributed by atoms with Crippen molar-refractivity contribution in [3.63, 3.8) is 0 Å². The fraction of sp³-hybridized carbons (Fsp3) is 0.438. The molecule has 1 aromatic heterocycles. The Morgan fingerprint density at radius 2 is 2.35 bits per heavy atom. The summed E-state index contributed by atoms with van der Waals surface area (Å²) in [6.45, 7) is -0.139. The van der Waals surface area contributed by atoms with Crippen molar-refractivity contribution >= 4 is 33.1 Å². The van der Waals surface area contributed by atoms with E-state index in [1.165, 1.54) is 4.90 Å². The van der Waals surface area contributed by atoms with Crippen LogP contribution >= 0.6 is 11.3 Å². The number of benzene rings is 1. The molecule has 1 amide bonds. The van der Waals surface area contributed by atoms with Crippen LogP contribution in [0.4, 0.5) is 5.69 Å². The maximum atomic E-state index is 12.1. The molecule has 0 unspecified atom stereocenters. The normalized spacial score (nSPS) is 17.8. The molecule has 0 saturated carbocycles. The fourth-order valence-corrected chi connectivity index (χ4v) is 3.56. The maximum absolute atomic E-state index is 12.1. The Kier molecular flexibility index (Phi) is 4.86. The van der Waals surface area contributed by atoms with E-state index >= 15 is 0 Å². The smallest absolute Gasteiger partial charge is 0.260 e. The standard InChI is InChI=1S/C16H17N3O3S/c17-7-3-1-2-4-15-18-12-6-5-11(8-14(12)23-15)19-10-22-13(9-20)16(19)21/h5-6,8,13,20H,1-4,9-10H2/t13-/m0/s1. The van der Waals surface area contributed by atoms with Crippen LogP contribution in [0.5, 0.6) is 0 Å². The number of aromatic nitrogens is 1. The van der Waals surface area contributed by atoms with E-state index in [4.69, 9.17) is 15.1 Å². The number of hydrogen-bond donors (Lipinski definition) is 1. The number of aryl methyl sites for hydroxylation is 1. The summed E-state index contributed by atoms with van der Waals surface area (Å²) < 4.78 is 6.29. The molecule has 7 heteroatoms. The number of aliphatic hydroxyl groups is 1. The van der Waals surface area contributed by atoms with Crippen molar-refractivity contribution in [1.82, 2.24) is 4.98 Å². The van der Waals surface area contributed by atoms with E-state index in [9.17, 15) is 4.79 Å². The Morgan fingerprint density at radius 1 is 1.48 bits per heavy atom. The van der Waals surface area contributed by atoms with Gasteiger partial charge in [-0.3, -0.25) is 9.69 Å². The molecule has 2 heterocycles. The van der Waals surface area contributed by atoms with Crippen LogP contribution in [0.25, 0.3) is 10.2 Å². The van der Waals surface area contributed by atoms with Gasteiger partial charge < -0.3 is 9.84 Å². The quantitative estimate of drug-likeness (QED) is 0.820. The van der Waals surface area contributed by atoms with Crippen molar-refractivity contribution in [1.29, 1.82) is 5.26 Å². The third-order valence-corrected chi connectivity index (χ3v) is 4.85. The third-order valence-electron chi connectivity index (χ3n) is 3.77. The number of carbonyl (C=O) groups excluding carboxylic acids is 1. The van der Waals surface area contributed by atoms with Crippen LogP contribution in [-0.4, -0.2) is 35.4 Å². The first-order chi connectivity index (χ1) is 11.2. The predicted molar refractivity (Wildman–Crippen MR) is 87.1 cm³/mol. The number of unbranched alkanes of at least 4 members (excludes halogenated alkanes) is 2. The van der Waals surface area contributed by atoms with E-state index in [-0.39, 0.29) is 19.2 Å². The summed E-state index contributed by atoms with van der Waals surface area (Å²) in [5.74, 6) is -0.215. The van der Waals surface area contributed by atoms with Gasteiger partial charge in [0.05, 0.1) is 27.9 Å². The first-order valence-electron chi connectivity index (χ1n) is 7.53. The van der Waals surface area contributed by atoms with Gasteiger partial charge in [-0.2, -0.15) is 5.26 Å². The summed E-state index contributed by atoms with van der Waals surface area (Å²) in [4.78, 5) is 18.2. The number of nitriles is 1. The zero-order valence-electron chi connectivity index (χ0n) is 12.6. The highest BCUT2D eigenvalue weighted by Gasteiger charge is 2.33. The van der Waals surface area contributed by atoms with Gasteiger partial charge in [-0.05, 0) is 37.5 Å². The van der Waals surface area contributed by atoms with Crippen molar-refractivity contribution in [2.75, 3.05) is 18.2 Å². The van der Waals surface area contributed by atoms with E-state index in [0.717, 1.165) is 40.2 Å². The molecule has 1 aromatic carbocycles. The van der Waals surface area contributed by atoms with Gasteiger partial charge in [0.25, 0.3) is 5.91 Å². The second-order valence-electron chi connectivity index (χ2n) is 5.36. The lowest BCUT2D eigenvalue weighted by Crippen LogP contribution is -2.31. The number of anilines is 1. The monoisotopic (exact) mass is 331 g/mol. The molecule has 0 aliphatic carbocycles. The SMILES string of the molecule is N#CCCCCc1nc2ccc(N3CO[C@@H](CO)C3=O)cc2s1. The minimum Gasteiger partial charge on any atom is -0.393 e. The van der Waals surface area contributed by atoms with Gasteiger partial charge in [-0.15, -0.1) is 11.3 Å². The molecule has 1 saturated heterocycles. The zero-order chi connectivity index (χ0) is 16.2. The van der Waals surface area contributed by atoms with Gasteiger partial charge in [0, 0.05) is 12.1 Å². The molecule has 1 fully saturated rings. The van der Waals surface area contributed by atoms with Gasteiger partial charge in [-0.1, -0.05) is 0 Å². The van der Waals surface area contributed by atoms with Crippen molar-refractivity contribution < 1.29 is 14.6 Å². The minimum absolute atomic E-state index is 0.162. The number of ether oxygens (including phenoxy) is 1. The predicted octanol–water partition coefficient (Wildman–Crippen LogP) is 2.21. The Morgan fingerprint density at radius 3 is 3.09 bits per heavy atom. The van der Waals surface area contributed by atoms with E-state index in [1.807, 2.05) is 18.2 Å². The molecular weight excluding hydrogens is 314 g/mol. The Bertz CT molecular complexity index is 753. The third kappa shape index (κ3) is 3.34. The molecule has 0 bridgehead atoms. The number of rotatable bonds is 6. The van der Waals surface area contributed by atoms with E-state index in [1.54, 1.807) is 11.3 Å². The van der Waals surface area contributed by atoms with Crippen LogP contribution in [0.1, 0.15) is 24.3 Å². The van der Waals surface area contributed by atoms with Gasteiger partial charge in [0.1, 0.15) is 6.73 Å². The van der Waals surface area contributed by atoms with Crippen molar-refractivity contribution in [3.05, 3.63) is 23.2 Å². The largest absolute Gasteiger partial charge is 0.393 e. The van der Waals surface area contributed by atoms with Gasteiger partial charge in [0.15, 0.2) is 6.10 Å². The molecule has 23 heavy (non-hydrogen) atoms. The lowest BCUT2D eigenvalue weighted by Gasteiger charge is -2.13. The first kappa shape index (κ1) is 15.9. The lowest BCUT2D eigenvalue weighted by atomic mass is 10.2. The first-order valence-corrected chi connectivity index (χ1v) is 8.35. The van der Waals surface area contributed by atoms with E-state index in [0.29, 0.717) is 6.42 Å². The number of hydrogen-bond acceptors (Lipinski definition) is 6. The maximum Gasteiger partial charge on any atom is 0.260 e. The molecule has 1 aliphatic heterocycles. The van der Waals surface area contributed by atoms with Crippen LogP contribution in [-0.2, 0) is 16.0 Å². The molecule has 0 radical (unpaired) electrons. The molecule has 1 N–H and O–H groups in total. The summed E-state index contributed by atoms with van der Waals surface area (Å²) in [6.07, 6.45) is 2.53. The highest BCUT2D eigenvalue weighted by molar-refractivity contribution is 7.18. The molecule has 120 valence electrons. The van der Waals surface area contributed by atoms with Crippen LogP contribution in [0, 0.1) is 11.3 Å². The number of carbonyl (C=O) groups is 1. The Balaban J connectivity index is 1.74. The van der Waals surface area contributed by atoms with Crippen molar-refractivity contribution in [2.45, 2.75) is 31.8 Å². The Hall–Kier alpha value is -2.01. The van der Waals surface area contributed by atoms with Crippen molar-refractivity contribution in [3.8, 4) is 6.07 Å². The second-order valence-corrected chi connectivity index (χ2v) is 6.47. The van der Waals surface area contributed by atoms with Gasteiger partial charge in [0.2, 0.25) is 0 Å². The fourth-order valence-electron chi connectivity index (χ4n) is 2.52. The summed E-state index contributed by atoms with van der Waals surface area (Å²) in [6, 6.07) is 7.84. The number of nitrogens with zero attached hydrogens (tertiary/aromatic N) is 3. The summed E-state index contributed by atoms with van der Waals surface area (Å²) >= 11 is 1.61. The summed E-state index contributed by atoms with van der Waals surface area (Å²) in [7, 11) is 0. The van der Waals surface area contributed by atoms with Crippen LogP contribution in [0.3, 0.4) is 0 Å². The summed E-state index contributed by atoms with van der Waals surface area (Å²) in [5.41, 5.74) is 1.68. The van der Waals surface area contributed by atoms with Crippen LogP contribution in [0.15, 0.2) is 18.2 Å². The molecule has 2 aromatic rings. The topological polar surface area (TPSA) is 86.5 Å². The molecule has 1 aliphatic rings. The van der Waals surface area contributed by atoms with E-state index in [2.05, 4.69) is 11.1 Å². The Labute approximate surface area is 137 Å². The van der Waals surface area contributed by atoms with Crippen LogP contribution in [0.2, 0.25) is 0 Å². The number of amides is 1. The number of aliphatic hydroxyl groups excluding tert-OH is 1. The second kappa shape index (κ2) is 7.04. The highest BCUT2D eigenvalue weighted by atomic mass is 32.1. The molecule has 6 nitrogen and oxygen atoms in total. The molecule has 0 spiro atoms. The zero-order valence-corrected chi connectivity index (χ0v) is 13.4. The lowest BCUT2D eigenvalue weighted by molar-refractivity contribution is -0.123.